The molecule has 60 valence electrons. The second-order valence-corrected chi connectivity index (χ2v) is 2.88. The summed E-state index contributed by atoms with van der Waals surface area (Å²) >= 11 is 0. The molecule has 0 unspecified atom stereocenters. The topological polar surface area (TPSA) is 66.8 Å². The average molecular weight is 148 g/mol. The molecule has 10 heavy (non-hydrogen) atoms. The summed E-state index contributed by atoms with van der Waals surface area (Å²) in [7, 11) is 0. The molecular formula is C6H12O4. The van der Waals surface area contributed by atoms with Crippen molar-refractivity contribution in [3.05, 3.63) is 0 Å². The quantitative estimate of drug-likeness (QED) is 0.578. The molecule has 0 aliphatic carbocycles. The van der Waals surface area contributed by atoms with Crippen LogP contribution in [0.4, 0.5) is 4.79 Å². The fourth-order valence-corrected chi connectivity index (χ4v) is 0.303. The summed E-state index contributed by atoms with van der Waals surface area (Å²) < 4.78 is 4.25. The Morgan fingerprint density at radius 1 is 1.60 bits per heavy atom. The third kappa shape index (κ3) is 4.14. The van der Waals surface area contributed by atoms with E-state index in [9.17, 15) is 4.79 Å². The summed E-state index contributed by atoms with van der Waals surface area (Å²) in [4.78, 5) is 9.86. The molecule has 0 rings (SSSR count). The molecule has 0 spiro atoms. The largest absolute Gasteiger partial charge is 0.505 e. The van der Waals surface area contributed by atoms with Crippen LogP contribution in [0.5, 0.6) is 0 Å². The lowest BCUT2D eigenvalue weighted by Gasteiger charge is -2.19. The van der Waals surface area contributed by atoms with Gasteiger partial charge in [-0.25, -0.2) is 4.79 Å². The molecule has 0 amide bonds. The smallest absolute Gasteiger partial charge is 0.450 e. The first-order valence-electron chi connectivity index (χ1n) is 2.94. The van der Waals surface area contributed by atoms with E-state index in [2.05, 4.69) is 4.74 Å². The van der Waals surface area contributed by atoms with Crippen molar-refractivity contribution in [2.75, 3.05) is 13.2 Å². The van der Waals surface area contributed by atoms with Gasteiger partial charge in [-0.15, -0.1) is 0 Å². The molecule has 2 N–H and O–H groups in total. The number of carboxylic acid groups (broad SMARTS) is 1. The van der Waals surface area contributed by atoms with E-state index in [-0.39, 0.29) is 13.2 Å². The Morgan fingerprint density at radius 3 is 2.40 bits per heavy atom. The highest BCUT2D eigenvalue weighted by atomic mass is 16.7. The molecule has 0 atom stereocenters. The number of aliphatic hydroxyl groups excluding tert-OH is 1. The zero-order valence-corrected chi connectivity index (χ0v) is 6.13. The zero-order chi connectivity index (χ0) is 8.20. The molecule has 0 aromatic carbocycles. The third-order valence-corrected chi connectivity index (χ3v) is 1.01. The van der Waals surface area contributed by atoms with Gasteiger partial charge in [0.25, 0.3) is 0 Å². The van der Waals surface area contributed by atoms with Gasteiger partial charge in [-0.1, -0.05) is 13.8 Å². The number of hydrogen-bond acceptors (Lipinski definition) is 3. The van der Waals surface area contributed by atoms with E-state index in [0.29, 0.717) is 0 Å². The molecule has 0 saturated carbocycles. The van der Waals surface area contributed by atoms with Crippen LogP contribution in [-0.2, 0) is 4.74 Å². The normalized spacial score (nSPS) is 11.1. The first-order chi connectivity index (χ1) is 4.48. The van der Waals surface area contributed by atoms with E-state index in [1.54, 1.807) is 13.8 Å². The van der Waals surface area contributed by atoms with Gasteiger partial charge in [0.15, 0.2) is 0 Å². The van der Waals surface area contributed by atoms with Crippen LogP contribution in [0.1, 0.15) is 13.8 Å². The van der Waals surface area contributed by atoms with Crippen LogP contribution in [0.25, 0.3) is 0 Å². The molecule has 0 aliphatic heterocycles. The van der Waals surface area contributed by atoms with Crippen molar-refractivity contribution >= 4 is 6.16 Å². The Morgan fingerprint density at radius 2 is 2.10 bits per heavy atom. The Hall–Kier alpha value is -0.770. The molecule has 0 bridgehead atoms. The van der Waals surface area contributed by atoms with Gasteiger partial charge in [0.1, 0.15) is 6.61 Å². The summed E-state index contributed by atoms with van der Waals surface area (Å²) in [6.07, 6.45) is -1.30. The van der Waals surface area contributed by atoms with Crippen molar-refractivity contribution in [1.82, 2.24) is 0 Å². The van der Waals surface area contributed by atoms with Gasteiger partial charge in [0, 0.05) is 5.41 Å². The lowest BCUT2D eigenvalue weighted by molar-refractivity contribution is 0.0338. The maximum absolute atomic E-state index is 9.86. The molecule has 0 heterocycles. The molecule has 0 aromatic rings. The van der Waals surface area contributed by atoms with Gasteiger partial charge in [-0.05, 0) is 0 Å². The van der Waals surface area contributed by atoms with Crippen LogP contribution < -0.4 is 0 Å². The van der Waals surface area contributed by atoms with Gasteiger partial charge >= 0.3 is 6.16 Å². The maximum atomic E-state index is 9.86. The monoisotopic (exact) mass is 148 g/mol. The summed E-state index contributed by atoms with van der Waals surface area (Å²) in [5.41, 5.74) is -0.474. The molecule has 0 aliphatic rings. The van der Waals surface area contributed by atoms with Crippen LogP contribution in [0.15, 0.2) is 0 Å². The minimum absolute atomic E-state index is 0.0266. The van der Waals surface area contributed by atoms with Crippen molar-refractivity contribution in [3.8, 4) is 0 Å². The SMILES string of the molecule is CC(C)(CO)COC(=O)O. The standard InChI is InChI=1S/C6H12O4/c1-6(2,3-7)4-10-5(8)9/h7H,3-4H2,1-2H3,(H,8,9). The predicted molar refractivity (Wildman–Crippen MR) is 34.8 cm³/mol. The first kappa shape index (κ1) is 9.23. The van der Waals surface area contributed by atoms with Crippen LogP contribution in [0.2, 0.25) is 0 Å². The molecule has 4 nitrogen and oxygen atoms in total. The fraction of sp³-hybridized carbons (Fsp3) is 0.833. The first-order valence-corrected chi connectivity index (χ1v) is 2.94. The van der Waals surface area contributed by atoms with Gasteiger partial charge in [0.05, 0.1) is 6.61 Å². The Labute approximate surface area is 59.4 Å². The Bertz CT molecular complexity index is 119. The number of hydrogen-bond donors (Lipinski definition) is 2. The maximum Gasteiger partial charge on any atom is 0.505 e. The van der Waals surface area contributed by atoms with Crippen LogP contribution in [0, 0.1) is 5.41 Å². The lowest BCUT2D eigenvalue weighted by atomic mass is 9.97. The lowest BCUT2D eigenvalue weighted by Crippen LogP contribution is -2.24. The van der Waals surface area contributed by atoms with Gasteiger partial charge in [-0.3, -0.25) is 0 Å². The molecule has 0 saturated heterocycles. The van der Waals surface area contributed by atoms with Gasteiger partial charge < -0.3 is 14.9 Å². The van der Waals surface area contributed by atoms with Crippen molar-refractivity contribution in [1.29, 1.82) is 0 Å². The van der Waals surface area contributed by atoms with E-state index in [1.807, 2.05) is 0 Å². The minimum Gasteiger partial charge on any atom is -0.450 e. The van der Waals surface area contributed by atoms with Crippen molar-refractivity contribution in [3.63, 3.8) is 0 Å². The summed E-state index contributed by atoms with van der Waals surface area (Å²) in [5, 5.41) is 16.7. The van der Waals surface area contributed by atoms with Crippen molar-refractivity contribution in [2.45, 2.75) is 13.8 Å². The fourth-order valence-electron chi connectivity index (χ4n) is 0.303. The number of aliphatic hydroxyl groups is 1. The van der Waals surface area contributed by atoms with Crippen LogP contribution in [-0.4, -0.2) is 29.6 Å². The molecule has 0 fully saturated rings. The Kier molecular flexibility index (Phi) is 3.15. The molecule has 0 aromatic heterocycles. The summed E-state index contributed by atoms with van der Waals surface area (Å²) in [6.45, 7) is 3.38. The van der Waals surface area contributed by atoms with E-state index < -0.39 is 11.6 Å². The number of rotatable bonds is 3. The highest BCUT2D eigenvalue weighted by Crippen LogP contribution is 2.13. The van der Waals surface area contributed by atoms with Crippen LogP contribution in [0.3, 0.4) is 0 Å². The predicted octanol–water partition coefficient (Wildman–Crippen LogP) is 0.700. The number of ether oxygens (including phenoxy) is 1. The average Bonchev–Trinajstić information content (AvgIpc) is 1.85. The second kappa shape index (κ2) is 3.41. The van der Waals surface area contributed by atoms with Crippen molar-refractivity contribution in [2.24, 2.45) is 5.41 Å². The molecular weight excluding hydrogens is 136 g/mol. The van der Waals surface area contributed by atoms with Crippen molar-refractivity contribution < 1.29 is 19.7 Å². The third-order valence-electron chi connectivity index (χ3n) is 1.01. The zero-order valence-electron chi connectivity index (χ0n) is 6.13. The van der Waals surface area contributed by atoms with Crippen LogP contribution >= 0.6 is 0 Å². The van der Waals surface area contributed by atoms with E-state index >= 15 is 0 Å². The highest BCUT2D eigenvalue weighted by Gasteiger charge is 2.18. The van der Waals surface area contributed by atoms with E-state index in [0.717, 1.165) is 0 Å². The molecule has 0 radical (unpaired) electrons. The molecule has 4 heteroatoms. The van der Waals surface area contributed by atoms with Gasteiger partial charge in [-0.2, -0.15) is 0 Å². The van der Waals surface area contributed by atoms with E-state index in [4.69, 9.17) is 10.2 Å². The number of carbonyl (C=O) groups is 1. The summed E-state index contributed by atoms with van der Waals surface area (Å²) in [5.74, 6) is 0. The van der Waals surface area contributed by atoms with E-state index in [1.165, 1.54) is 0 Å². The van der Waals surface area contributed by atoms with Gasteiger partial charge in [0.2, 0.25) is 0 Å². The second-order valence-electron chi connectivity index (χ2n) is 2.88. The summed E-state index contributed by atoms with van der Waals surface area (Å²) in [6, 6.07) is 0. The highest BCUT2D eigenvalue weighted by molar-refractivity contribution is 5.56. The minimum atomic E-state index is -1.30. The Balaban J connectivity index is 3.56.